The van der Waals surface area contributed by atoms with Gasteiger partial charge in [0.2, 0.25) is 0 Å². The topological polar surface area (TPSA) is 73.6 Å². The second-order valence-electron chi connectivity index (χ2n) is 8.07. The van der Waals surface area contributed by atoms with Crippen LogP contribution in [0.25, 0.3) is 0 Å². The van der Waals surface area contributed by atoms with Crippen molar-refractivity contribution in [1.29, 1.82) is 0 Å². The van der Waals surface area contributed by atoms with E-state index in [0.717, 1.165) is 24.8 Å². The summed E-state index contributed by atoms with van der Waals surface area (Å²) in [5.41, 5.74) is 1.04. The van der Waals surface area contributed by atoms with E-state index in [9.17, 15) is 9.00 Å². The average molecular weight is 404 g/mol. The Labute approximate surface area is 167 Å². The molecule has 1 amide bonds. The molecule has 1 saturated carbocycles. The predicted octanol–water partition coefficient (Wildman–Crippen LogP) is 5.08. The maximum absolute atomic E-state index is 13.7. The van der Waals surface area contributed by atoms with E-state index in [1.165, 1.54) is 16.5 Å². The van der Waals surface area contributed by atoms with Crippen molar-refractivity contribution >= 4 is 16.0 Å². The molecule has 0 radical (unpaired) electrons. The Balaban J connectivity index is 1.93. The van der Waals surface area contributed by atoms with Gasteiger partial charge in [-0.25, -0.2) is 18.0 Å². The van der Waals surface area contributed by atoms with Gasteiger partial charge in [0, 0.05) is 12.4 Å². The number of carbonyl (C=O) groups excluding carboxylic acids is 1. The van der Waals surface area contributed by atoms with Crippen molar-refractivity contribution in [3.63, 3.8) is 0 Å². The highest BCUT2D eigenvalue weighted by atomic mass is 32.2. The number of aryl methyl sites for hydroxylation is 1. The van der Waals surface area contributed by atoms with Crippen molar-refractivity contribution in [2.75, 3.05) is 0 Å². The van der Waals surface area contributed by atoms with Gasteiger partial charge in [0.25, 0.3) is 0 Å². The van der Waals surface area contributed by atoms with E-state index >= 15 is 0 Å². The van der Waals surface area contributed by atoms with Crippen molar-refractivity contribution in [1.82, 2.24) is 8.96 Å². The fraction of sp³-hybridized carbons (Fsp3) is 0.524. The summed E-state index contributed by atoms with van der Waals surface area (Å²) in [6.45, 7) is 8.43. The van der Waals surface area contributed by atoms with Crippen LogP contribution in [0.2, 0.25) is 0 Å². The first-order chi connectivity index (χ1) is 13.3. The molecule has 0 bridgehead atoms. The zero-order chi connectivity index (χ0) is 20.3. The summed E-state index contributed by atoms with van der Waals surface area (Å²) in [5, 5.41) is 0. The van der Waals surface area contributed by atoms with Crippen LogP contribution in [0.15, 0.2) is 52.2 Å². The van der Waals surface area contributed by atoms with Crippen molar-refractivity contribution in [2.24, 2.45) is 22.1 Å². The molecule has 6 nitrogen and oxygen atoms in total. The molecule has 152 valence electrons. The van der Waals surface area contributed by atoms with Gasteiger partial charge in [-0.05, 0) is 49.7 Å². The fourth-order valence-corrected chi connectivity index (χ4v) is 5.41. The number of hydrogen-bond donors (Lipinski definition) is 0. The third-order valence-corrected chi connectivity index (χ3v) is 7.58. The van der Waals surface area contributed by atoms with Crippen molar-refractivity contribution in [2.45, 2.75) is 58.0 Å². The van der Waals surface area contributed by atoms with E-state index in [-0.39, 0.29) is 6.10 Å². The van der Waals surface area contributed by atoms with Crippen molar-refractivity contribution < 1.29 is 13.7 Å². The average Bonchev–Trinajstić information content (AvgIpc) is 3.17. The van der Waals surface area contributed by atoms with E-state index in [4.69, 9.17) is 4.74 Å². The molecule has 1 fully saturated rings. The molecule has 3 rings (SSSR count). The Bertz CT molecular complexity index is 913. The summed E-state index contributed by atoms with van der Waals surface area (Å²) in [6, 6.07) is 7.16. The van der Waals surface area contributed by atoms with E-state index in [2.05, 4.69) is 30.1 Å². The maximum Gasteiger partial charge on any atom is 0.443 e. The molecular formula is C21H29N3O3S. The molecule has 2 aromatic rings. The van der Waals surface area contributed by atoms with Crippen LogP contribution in [-0.4, -0.2) is 25.4 Å². The predicted molar refractivity (Wildman–Crippen MR) is 109 cm³/mol. The number of nitrogens with zero attached hydrogens (tertiary/aromatic N) is 3. The van der Waals surface area contributed by atoms with Gasteiger partial charge >= 0.3 is 6.09 Å². The minimum atomic E-state index is -3.22. The van der Waals surface area contributed by atoms with Crippen LogP contribution >= 0.6 is 0 Å². The second kappa shape index (κ2) is 8.47. The Morgan fingerprint density at radius 1 is 1.29 bits per heavy atom. The normalized spacial score (nSPS) is 24.5. The van der Waals surface area contributed by atoms with Crippen LogP contribution in [0, 0.1) is 24.7 Å². The lowest BCUT2D eigenvalue weighted by atomic mass is 9.75. The fourth-order valence-electron chi connectivity index (χ4n) is 3.83. The largest absolute Gasteiger partial charge is 0.444 e. The highest BCUT2D eigenvalue weighted by Crippen LogP contribution is 2.35. The zero-order valence-corrected chi connectivity index (χ0v) is 17.8. The summed E-state index contributed by atoms with van der Waals surface area (Å²) in [6.07, 6.45) is 6.52. The molecule has 0 N–H and O–H groups in total. The molecule has 0 saturated heterocycles. The Hall–Kier alpha value is -2.15. The maximum atomic E-state index is 13.7. The van der Waals surface area contributed by atoms with Gasteiger partial charge in [-0.1, -0.05) is 44.9 Å². The minimum absolute atomic E-state index is 0.190. The number of ether oxygens (including phenoxy) is 1. The lowest BCUT2D eigenvalue weighted by molar-refractivity contribution is 0.0109. The summed E-state index contributed by atoms with van der Waals surface area (Å²) < 4.78 is 24.9. The second-order valence-corrected chi connectivity index (χ2v) is 10.1. The quantitative estimate of drug-likeness (QED) is 0.713. The zero-order valence-electron chi connectivity index (χ0n) is 16.9. The number of imidazole rings is 1. The van der Waals surface area contributed by atoms with Crippen LogP contribution < -0.4 is 0 Å². The highest BCUT2D eigenvalue weighted by molar-refractivity contribution is 7.92. The molecule has 1 aromatic heterocycles. The molecule has 1 aliphatic rings. The molecule has 1 aliphatic carbocycles. The molecule has 1 aromatic carbocycles. The summed E-state index contributed by atoms with van der Waals surface area (Å²) in [5.74, 6) is 1.22. The highest BCUT2D eigenvalue weighted by Gasteiger charge is 2.34. The third kappa shape index (κ3) is 4.46. The molecule has 28 heavy (non-hydrogen) atoms. The van der Waals surface area contributed by atoms with Gasteiger partial charge in [0.05, 0.1) is 4.90 Å². The van der Waals surface area contributed by atoms with Crippen molar-refractivity contribution in [3.05, 3.63) is 48.5 Å². The van der Waals surface area contributed by atoms with Gasteiger partial charge in [-0.2, -0.15) is 0 Å². The van der Waals surface area contributed by atoms with Crippen LogP contribution in [-0.2, 0) is 14.7 Å². The monoisotopic (exact) mass is 403 g/mol. The number of amides is 1. The standard InChI is InChI=1S/C21H29N3O3S/c1-15(2)19-10-7-17(4)13-20(19)27-21(25)23-28(26,24-12-11-22-14-24)18-8-5-16(3)6-9-18/h5-6,8-9,11-12,14-15,17,19-20H,7,10,13H2,1-4H3/t17-,19+,20-,28?/m1/s1. The van der Waals surface area contributed by atoms with E-state index in [0.29, 0.717) is 22.6 Å². The lowest BCUT2D eigenvalue weighted by Crippen LogP contribution is -2.35. The molecule has 0 aliphatic heterocycles. The SMILES string of the molecule is Cc1ccc(S(=O)(=NC(=O)O[C@@H]2C[C@H](C)CC[C@H]2C(C)C)n2ccnc2)cc1. The van der Waals surface area contributed by atoms with Crippen molar-refractivity contribution in [3.8, 4) is 0 Å². The minimum Gasteiger partial charge on any atom is -0.444 e. The molecular weight excluding hydrogens is 374 g/mol. The van der Waals surface area contributed by atoms with Gasteiger partial charge in [0.15, 0.2) is 9.92 Å². The van der Waals surface area contributed by atoms with Gasteiger partial charge in [-0.15, -0.1) is 4.36 Å². The number of aromatic nitrogens is 2. The smallest absolute Gasteiger partial charge is 0.443 e. The lowest BCUT2D eigenvalue weighted by Gasteiger charge is -2.36. The van der Waals surface area contributed by atoms with Crippen LogP contribution in [0.4, 0.5) is 4.79 Å². The Kier molecular flexibility index (Phi) is 6.23. The van der Waals surface area contributed by atoms with Gasteiger partial charge in [-0.3, -0.25) is 0 Å². The van der Waals surface area contributed by atoms with Crippen LogP contribution in [0.1, 0.15) is 45.6 Å². The molecule has 1 unspecified atom stereocenters. The van der Waals surface area contributed by atoms with Crippen LogP contribution in [0.5, 0.6) is 0 Å². The molecule has 7 heteroatoms. The number of benzene rings is 1. The third-order valence-electron chi connectivity index (χ3n) is 5.51. The van der Waals surface area contributed by atoms with E-state index in [1.807, 2.05) is 19.1 Å². The summed E-state index contributed by atoms with van der Waals surface area (Å²) in [4.78, 5) is 17.2. The summed E-state index contributed by atoms with van der Waals surface area (Å²) >= 11 is 0. The van der Waals surface area contributed by atoms with Gasteiger partial charge in [0.1, 0.15) is 12.4 Å². The number of hydrogen-bond acceptors (Lipinski definition) is 4. The Morgan fingerprint density at radius 2 is 2.00 bits per heavy atom. The van der Waals surface area contributed by atoms with Gasteiger partial charge < -0.3 is 4.74 Å². The van der Waals surface area contributed by atoms with Crippen LogP contribution in [0.3, 0.4) is 0 Å². The van der Waals surface area contributed by atoms with E-state index < -0.39 is 16.0 Å². The molecule has 4 atom stereocenters. The summed E-state index contributed by atoms with van der Waals surface area (Å²) in [7, 11) is -3.22. The number of rotatable bonds is 4. The first-order valence-electron chi connectivity index (χ1n) is 9.82. The Morgan fingerprint density at radius 3 is 2.61 bits per heavy atom. The first kappa shape index (κ1) is 20.6. The molecule has 0 spiro atoms. The molecule has 1 heterocycles. The first-order valence-corrected chi connectivity index (χ1v) is 11.3. The van der Waals surface area contributed by atoms with E-state index in [1.54, 1.807) is 18.3 Å². The number of carbonyl (C=O) groups is 1.